The van der Waals surface area contributed by atoms with Gasteiger partial charge in [-0.2, -0.15) is 0 Å². The predicted molar refractivity (Wildman–Crippen MR) is 44.3 cm³/mol. The lowest BCUT2D eigenvalue weighted by molar-refractivity contribution is -0.000853. The van der Waals surface area contributed by atoms with Crippen molar-refractivity contribution < 1.29 is 10.2 Å². The van der Waals surface area contributed by atoms with E-state index in [1.807, 2.05) is 20.8 Å². The van der Waals surface area contributed by atoms with Crippen molar-refractivity contribution in [2.75, 3.05) is 0 Å². The van der Waals surface area contributed by atoms with Gasteiger partial charge in [-0.05, 0) is 46.0 Å². The molecule has 1 rings (SSSR count). The Hall–Kier alpha value is -0.0800. The summed E-state index contributed by atoms with van der Waals surface area (Å²) in [6.45, 7) is 5.48. The van der Waals surface area contributed by atoms with Gasteiger partial charge in [0.05, 0.1) is 11.2 Å². The van der Waals surface area contributed by atoms with E-state index < -0.39 is 11.2 Å². The van der Waals surface area contributed by atoms with Crippen molar-refractivity contribution in [3.8, 4) is 0 Å². The maximum absolute atomic E-state index is 9.64. The first-order valence-corrected chi connectivity index (χ1v) is 4.26. The van der Waals surface area contributed by atoms with Gasteiger partial charge in [-0.1, -0.05) is 0 Å². The fourth-order valence-electron chi connectivity index (χ4n) is 1.82. The van der Waals surface area contributed by atoms with E-state index in [-0.39, 0.29) is 5.92 Å². The van der Waals surface area contributed by atoms with Gasteiger partial charge < -0.3 is 10.2 Å². The van der Waals surface area contributed by atoms with Crippen LogP contribution in [0.25, 0.3) is 0 Å². The molecule has 0 bridgehead atoms. The number of rotatable bonds is 1. The highest BCUT2D eigenvalue weighted by Crippen LogP contribution is 2.39. The van der Waals surface area contributed by atoms with Crippen molar-refractivity contribution in [2.24, 2.45) is 5.92 Å². The summed E-state index contributed by atoms with van der Waals surface area (Å²) in [4.78, 5) is 0. The van der Waals surface area contributed by atoms with E-state index in [0.717, 1.165) is 19.3 Å². The van der Waals surface area contributed by atoms with Crippen LogP contribution in [-0.4, -0.2) is 21.4 Å². The van der Waals surface area contributed by atoms with Crippen LogP contribution in [0.1, 0.15) is 40.0 Å². The molecule has 1 aliphatic rings. The Morgan fingerprint density at radius 2 is 2.00 bits per heavy atom. The maximum Gasteiger partial charge on any atom is 0.0623 e. The van der Waals surface area contributed by atoms with Crippen LogP contribution in [0.15, 0.2) is 0 Å². The molecule has 1 aliphatic carbocycles. The van der Waals surface area contributed by atoms with E-state index in [1.165, 1.54) is 0 Å². The first kappa shape index (κ1) is 9.01. The second-order valence-electron chi connectivity index (χ2n) is 4.59. The summed E-state index contributed by atoms with van der Waals surface area (Å²) in [6, 6.07) is 0. The van der Waals surface area contributed by atoms with Crippen LogP contribution in [0.3, 0.4) is 0 Å². The monoisotopic (exact) mass is 158 g/mol. The lowest BCUT2D eigenvalue weighted by atomic mass is 9.88. The van der Waals surface area contributed by atoms with Gasteiger partial charge in [0.1, 0.15) is 0 Å². The van der Waals surface area contributed by atoms with Crippen LogP contribution in [0.2, 0.25) is 0 Å². The molecule has 11 heavy (non-hydrogen) atoms. The fourth-order valence-corrected chi connectivity index (χ4v) is 1.82. The zero-order valence-electron chi connectivity index (χ0n) is 7.59. The van der Waals surface area contributed by atoms with Crippen LogP contribution in [-0.2, 0) is 0 Å². The van der Waals surface area contributed by atoms with Gasteiger partial charge in [0, 0.05) is 0 Å². The lowest BCUT2D eigenvalue weighted by Gasteiger charge is -2.26. The average molecular weight is 158 g/mol. The molecule has 2 nitrogen and oxygen atoms in total. The quantitative estimate of drug-likeness (QED) is 0.604. The molecule has 0 unspecified atom stereocenters. The Kier molecular flexibility index (Phi) is 2.01. The molecule has 0 heterocycles. The minimum Gasteiger partial charge on any atom is -0.390 e. The summed E-state index contributed by atoms with van der Waals surface area (Å²) < 4.78 is 0. The minimum atomic E-state index is -0.625. The van der Waals surface area contributed by atoms with Crippen molar-refractivity contribution in [1.29, 1.82) is 0 Å². The van der Waals surface area contributed by atoms with Gasteiger partial charge in [-0.25, -0.2) is 0 Å². The molecule has 2 atom stereocenters. The summed E-state index contributed by atoms with van der Waals surface area (Å²) in [5, 5.41) is 19.3. The highest BCUT2D eigenvalue weighted by atomic mass is 16.3. The van der Waals surface area contributed by atoms with Gasteiger partial charge in [0.25, 0.3) is 0 Å². The Morgan fingerprint density at radius 3 is 2.18 bits per heavy atom. The first-order valence-electron chi connectivity index (χ1n) is 4.26. The molecule has 0 aromatic heterocycles. The Balaban J connectivity index is 2.55. The van der Waals surface area contributed by atoms with E-state index >= 15 is 0 Å². The summed E-state index contributed by atoms with van der Waals surface area (Å²) in [7, 11) is 0. The molecular weight excluding hydrogens is 140 g/mol. The summed E-state index contributed by atoms with van der Waals surface area (Å²) in [6.07, 6.45) is 2.49. The largest absolute Gasteiger partial charge is 0.390 e. The second kappa shape index (κ2) is 2.46. The minimum absolute atomic E-state index is 0.262. The van der Waals surface area contributed by atoms with Crippen LogP contribution in [0.5, 0.6) is 0 Å². The Morgan fingerprint density at radius 1 is 1.45 bits per heavy atom. The van der Waals surface area contributed by atoms with Crippen molar-refractivity contribution in [1.82, 2.24) is 0 Å². The van der Waals surface area contributed by atoms with E-state index in [2.05, 4.69) is 0 Å². The Bertz CT molecular complexity index is 144. The van der Waals surface area contributed by atoms with Crippen molar-refractivity contribution in [3.05, 3.63) is 0 Å². The predicted octanol–water partition coefficient (Wildman–Crippen LogP) is 1.31. The molecule has 2 N–H and O–H groups in total. The van der Waals surface area contributed by atoms with E-state index in [1.54, 1.807) is 0 Å². The van der Waals surface area contributed by atoms with E-state index in [0.29, 0.717) is 0 Å². The smallest absolute Gasteiger partial charge is 0.0623 e. The van der Waals surface area contributed by atoms with Crippen LogP contribution < -0.4 is 0 Å². The molecule has 0 aromatic rings. The van der Waals surface area contributed by atoms with Gasteiger partial charge in [0.2, 0.25) is 0 Å². The third-order valence-electron chi connectivity index (χ3n) is 2.72. The molecule has 0 aliphatic heterocycles. The summed E-state index contributed by atoms with van der Waals surface area (Å²) in [5.41, 5.74) is -1.16. The molecule has 0 radical (unpaired) electrons. The van der Waals surface area contributed by atoms with Crippen LogP contribution in [0, 0.1) is 5.92 Å². The molecule has 0 saturated heterocycles. The lowest BCUT2D eigenvalue weighted by Crippen LogP contribution is -2.31. The molecule has 2 heteroatoms. The normalized spacial score (nSPS) is 39.5. The third-order valence-corrected chi connectivity index (χ3v) is 2.72. The third kappa shape index (κ3) is 2.17. The van der Waals surface area contributed by atoms with Gasteiger partial charge >= 0.3 is 0 Å². The standard InChI is InChI=1S/C9H18O2/c1-8(2,10)7-4-5-9(3,11)6-7/h7,10-11H,4-6H2,1-3H3/t7-,9-/m0/s1. The molecular formula is C9H18O2. The zero-order valence-corrected chi connectivity index (χ0v) is 7.59. The summed E-state index contributed by atoms with van der Waals surface area (Å²) in [5.74, 6) is 0.262. The Labute approximate surface area is 68.2 Å². The first-order chi connectivity index (χ1) is 4.81. The molecule has 0 amide bonds. The van der Waals surface area contributed by atoms with E-state index in [9.17, 15) is 10.2 Å². The van der Waals surface area contributed by atoms with Crippen molar-refractivity contribution in [2.45, 2.75) is 51.2 Å². The number of aliphatic hydroxyl groups is 2. The molecule has 66 valence electrons. The van der Waals surface area contributed by atoms with E-state index in [4.69, 9.17) is 0 Å². The second-order valence-corrected chi connectivity index (χ2v) is 4.59. The molecule has 1 fully saturated rings. The van der Waals surface area contributed by atoms with Gasteiger partial charge in [-0.3, -0.25) is 0 Å². The highest BCUT2D eigenvalue weighted by molar-refractivity contribution is 4.91. The SMILES string of the molecule is CC(C)(O)[C@H]1CC[C@](C)(O)C1. The number of hydrogen-bond donors (Lipinski definition) is 2. The van der Waals surface area contributed by atoms with Gasteiger partial charge in [0.15, 0.2) is 0 Å². The average Bonchev–Trinajstić information content (AvgIpc) is 2.07. The summed E-state index contributed by atoms with van der Waals surface area (Å²) >= 11 is 0. The molecule has 1 saturated carbocycles. The van der Waals surface area contributed by atoms with Crippen molar-refractivity contribution >= 4 is 0 Å². The number of hydrogen-bond acceptors (Lipinski definition) is 2. The van der Waals surface area contributed by atoms with Crippen LogP contribution in [0.4, 0.5) is 0 Å². The zero-order chi connectivity index (χ0) is 8.70. The van der Waals surface area contributed by atoms with Crippen LogP contribution >= 0.6 is 0 Å². The van der Waals surface area contributed by atoms with Crippen molar-refractivity contribution in [3.63, 3.8) is 0 Å². The maximum atomic E-state index is 9.64. The topological polar surface area (TPSA) is 40.5 Å². The van der Waals surface area contributed by atoms with Gasteiger partial charge in [-0.15, -0.1) is 0 Å². The molecule has 0 spiro atoms. The molecule has 0 aromatic carbocycles. The highest BCUT2D eigenvalue weighted by Gasteiger charge is 2.39. The fraction of sp³-hybridized carbons (Fsp3) is 1.00.